The van der Waals surface area contributed by atoms with Crippen molar-refractivity contribution in [3.8, 4) is 0 Å². The van der Waals surface area contributed by atoms with E-state index in [4.69, 9.17) is 10.2 Å². The van der Waals surface area contributed by atoms with Crippen LogP contribution in [0.4, 0.5) is 0 Å². The van der Waals surface area contributed by atoms with Gasteiger partial charge in [-0.1, -0.05) is 6.92 Å². The standard InChI is InChI=1S/C17H28N2O/c1-11-10-12(11)14-7-8-15(20-14)16-13(18)6-5-9-19(16)17(2,3)4/h7-8,11-13,16H,5-6,9-10,18H2,1-4H3. The van der Waals surface area contributed by atoms with Crippen molar-refractivity contribution in [2.24, 2.45) is 11.7 Å². The molecule has 2 heterocycles. The van der Waals surface area contributed by atoms with Gasteiger partial charge in [-0.15, -0.1) is 0 Å². The zero-order chi connectivity index (χ0) is 14.5. The summed E-state index contributed by atoms with van der Waals surface area (Å²) in [5, 5.41) is 0. The van der Waals surface area contributed by atoms with E-state index in [9.17, 15) is 0 Å². The fraction of sp³-hybridized carbons (Fsp3) is 0.765. The lowest BCUT2D eigenvalue weighted by molar-refractivity contribution is 0.0269. The maximum atomic E-state index is 6.42. The van der Waals surface area contributed by atoms with Crippen LogP contribution in [-0.2, 0) is 0 Å². The van der Waals surface area contributed by atoms with Crippen LogP contribution in [0.25, 0.3) is 0 Å². The largest absolute Gasteiger partial charge is 0.464 e. The fourth-order valence-electron chi connectivity index (χ4n) is 3.59. The number of hydrogen-bond donors (Lipinski definition) is 1. The van der Waals surface area contributed by atoms with Crippen LogP contribution < -0.4 is 5.73 Å². The third kappa shape index (κ3) is 2.53. The Kier molecular flexibility index (Phi) is 3.46. The van der Waals surface area contributed by atoms with Gasteiger partial charge >= 0.3 is 0 Å². The highest BCUT2D eigenvalue weighted by Gasteiger charge is 2.40. The van der Waals surface area contributed by atoms with Crippen LogP contribution >= 0.6 is 0 Å². The van der Waals surface area contributed by atoms with Crippen LogP contribution in [0.3, 0.4) is 0 Å². The van der Waals surface area contributed by atoms with Crippen LogP contribution in [0.5, 0.6) is 0 Å². The zero-order valence-corrected chi connectivity index (χ0v) is 13.2. The predicted molar refractivity (Wildman–Crippen MR) is 81.6 cm³/mol. The average Bonchev–Trinajstić information content (AvgIpc) is 2.89. The van der Waals surface area contributed by atoms with Gasteiger partial charge in [-0.25, -0.2) is 0 Å². The molecular formula is C17H28N2O. The van der Waals surface area contributed by atoms with Gasteiger partial charge in [-0.3, -0.25) is 4.90 Å². The lowest BCUT2D eigenvalue weighted by Crippen LogP contribution is -2.53. The van der Waals surface area contributed by atoms with E-state index in [0.29, 0.717) is 5.92 Å². The first-order valence-electron chi connectivity index (χ1n) is 8.00. The number of piperidine rings is 1. The Hall–Kier alpha value is -0.800. The van der Waals surface area contributed by atoms with E-state index in [1.807, 2.05) is 0 Å². The number of hydrogen-bond acceptors (Lipinski definition) is 3. The van der Waals surface area contributed by atoms with Crippen LogP contribution in [0.2, 0.25) is 0 Å². The molecule has 0 spiro atoms. The normalized spacial score (nSPS) is 35.2. The van der Waals surface area contributed by atoms with Crippen molar-refractivity contribution in [1.29, 1.82) is 0 Å². The molecule has 1 saturated carbocycles. The van der Waals surface area contributed by atoms with E-state index in [1.54, 1.807) is 0 Å². The van der Waals surface area contributed by atoms with Crippen LogP contribution in [0, 0.1) is 5.92 Å². The summed E-state index contributed by atoms with van der Waals surface area (Å²) in [6.45, 7) is 10.2. The molecule has 4 atom stereocenters. The van der Waals surface area contributed by atoms with Gasteiger partial charge < -0.3 is 10.2 Å². The molecule has 3 rings (SSSR count). The van der Waals surface area contributed by atoms with Crippen molar-refractivity contribution in [3.63, 3.8) is 0 Å². The Morgan fingerprint density at radius 3 is 2.50 bits per heavy atom. The zero-order valence-electron chi connectivity index (χ0n) is 13.2. The molecular weight excluding hydrogens is 248 g/mol. The summed E-state index contributed by atoms with van der Waals surface area (Å²) in [5.41, 5.74) is 6.55. The molecule has 3 nitrogen and oxygen atoms in total. The van der Waals surface area contributed by atoms with Crippen LogP contribution in [-0.4, -0.2) is 23.0 Å². The lowest BCUT2D eigenvalue weighted by atomic mass is 9.90. The first kappa shape index (κ1) is 14.2. The molecule has 3 heteroatoms. The second-order valence-corrected chi connectivity index (χ2v) is 7.67. The van der Waals surface area contributed by atoms with Crippen molar-refractivity contribution in [2.45, 2.75) is 70.5 Å². The molecule has 1 aromatic heterocycles. The first-order chi connectivity index (χ1) is 9.38. The molecule has 1 aliphatic heterocycles. The molecule has 20 heavy (non-hydrogen) atoms. The van der Waals surface area contributed by atoms with E-state index in [-0.39, 0.29) is 17.6 Å². The summed E-state index contributed by atoms with van der Waals surface area (Å²) < 4.78 is 6.19. The van der Waals surface area contributed by atoms with E-state index in [1.165, 1.54) is 18.6 Å². The van der Waals surface area contributed by atoms with Gasteiger partial charge in [0, 0.05) is 17.5 Å². The highest BCUT2D eigenvalue weighted by molar-refractivity contribution is 5.21. The SMILES string of the molecule is CC1CC1c1ccc(C2C(N)CCCN2C(C)(C)C)o1. The number of furan rings is 1. The average molecular weight is 276 g/mol. The quantitative estimate of drug-likeness (QED) is 0.896. The van der Waals surface area contributed by atoms with Crippen LogP contribution in [0.1, 0.15) is 70.4 Å². The minimum atomic E-state index is 0.128. The van der Waals surface area contributed by atoms with Crippen molar-refractivity contribution < 1.29 is 4.42 Å². The third-order valence-electron chi connectivity index (χ3n) is 4.95. The summed E-state index contributed by atoms with van der Waals surface area (Å²) >= 11 is 0. The summed E-state index contributed by atoms with van der Waals surface area (Å²) in [4.78, 5) is 2.51. The van der Waals surface area contributed by atoms with Crippen molar-refractivity contribution in [3.05, 3.63) is 23.7 Å². The van der Waals surface area contributed by atoms with Gasteiger partial charge in [0.15, 0.2) is 0 Å². The molecule has 4 unspecified atom stereocenters. The number of rotatable bonds is 2. The molecule has 0 aromatic carbocycles. The Bertz CT molecular complexity index is 474. The Labute approximate surface area is 122 Å². The van der Waals surface area contributed by atoms with Gasteiger partial charge in [0.25, 0.3) is 0 Å². The van der Waals surface area contributed by atoms with Gasteiger partial charge in [0.05, 0.1) is 6.04 Å². The summed E-state index contributed by atoms with van der Waals surface area (Å²) in [6, 6.07) is 4.74. The predicted octanol–water partition coefficient (Wildman–Crippen LogP) is 3.67. The van der Waals surface area contributed by atoms with Gasteiger partial charge in [0.1, 0.15) is 11.5 Å². The molecule has 1 aliphatic carbocycles. The summed E-state index contributed by atoms with van der Waals surface area (Å²) in [5.74, 6) is 3.67. The minimum Gasteiger partial charge on any atom is -0.464 e. The van der Waals surface area contributed by atoms with E-state index in [2.05, 4.69) is 44.7 Å². The fourth-order valence-corrected chi connectivity index (χ4v) is 3.59. The second-order valence-electron chi connectivity index (χ2n) is 7.67. The summed E-state index contributed by atoms with van der Waals surface area (Å²) in [7, 11) is 0. The van der Waals surface area contributed by atoms with Gasteiger partial charge in [-0.05, 0) is 64.6 Å². The second kappa shape index (κ2) is 4.88. The lowest BCUT2D eigenvalue weighted by Gasteiger charge is -2.46. The van der Waals surface area contributed by atoms with Gasteiger partial charge in [0.2, 0.25) is 0 Å². The Balaban J connectivity index is 1.86. The molecule has 2 aliphatic rings. The van der Waals surface area contributed by atoms with Gasteiger partial charge in [-0.2, -0.15) is 0 Å². The molecule has 2 fully saturated rings. The third-order valence-corrected chi connectivity index (χ3v) is 4.95. The monoisotopic (exact) mass is 276 g/mol. The van der Waals surface area contributed by atoms with Crippen LogP contribution in [0.15, 0.2) is 16.5 Å². The smallest absolute Gasteiger partial charge is 0.122 e. The Morgan fingerprint density at radius 1 is 1.25 bits per heavy atom. The van der Waals surface area contributed by atoms with E-state index < -0.39 is 0 Å². The number of nitrogens with two attached hydrogens (primary N) is 1. The van der Waals surface area contributed by atoms with E-state index >= 15 is 0 Å². The Morgan fingerprint density at radius 2 is 1.90 bits per heavy atom. The maximum Gasteiger partial charge on any atom is 0.122 e. The maximum absolute atomic E-state index is 6.42. The highest BCUT2D eigenvalue weighted by Crippen LogP contribution is 2.48. The molecule has 0 radical (unpaired) electrons. The van der Waals surface area contributed by atoms with Crippen molar-refractivity contribution in [2.75, 3.05) is 6.54 Å². The van der Waals surface area contributed by atoms with Crippen molar-refractivity contribution >= 4 is 0 Å². The molecule has 2 N–H and O–H groups in total. The first-order valence-corrected chi connectivity index (χ1v) is 8.00. The number of nitrogens with zero attached hydrogens (tertiary/aromatic N) is 1. The molecule has 0 amide bonds. The highest BCUT2D eigenvalue weighted by atomic mass is 16.3. The molecule has 0 bridgehead atoms. The molecule has 112 valence electrons. The topological polar surface area (TPSA) is 42.4 Å². The molecule has 1 aromatic rings. The molecule has 1 saturated heterocycles. The number of likely N-dealkylation sites (tertiary alicyclic amines) is 1. The summed E-state index contributed by atoms with van der Waals surface area (Å²) in [6.07, 6.45) is 3.54. The van der Waals surface area contributed by atoms with E-state index in [0.717, 1.165) is 24.6 Å². The minimum absolute atomic E-state index is 0.128. The van der Waals surface area contributed by atoms with Crippen molar-refractivity contribution in [1.82, 2.24) is 4.90 Å².